The van der Waals surface area contributed by atoms with Gasteiger partial charge >= 0.3 is 0 Å². The van der Waals surface area contributed by atoms with E-state index in [1.807, 2.05) is 18.2 Å². The fraction of sp³-hybridized carbons (Fsp3) is 0.593. The van der Waals surface area contributed by atoms with Crippen molar-refractivity contribution >= 4 is 12.0 Å². The van der Waals surface area contributed by atoms with Gasteiger partial charge in [0.15, 0.2) is 0 Å². The predicted octanol–water partition coefficient (Wildman–Crippen LogP) is 5.82. The second-order valence-electron chi connectivity index (χ2n) is 9.46. The summed E-state index contributed by atoms with van der Waals surface area (Å²) in [5, 5.41) is 0. The molecule has 3 aliphatic rings. The minimum atomic E-state index is -0.225. The van der Waals surface area contributed by atoms with Gasteiger partial charge in [-0.2, -0.15) is 0 Å². The molecule has 168 valence electrons. The average Bonchev–Trinajstić information content (AvgIpc) is 2.84. The SMILES string of the molecule is O=C(C(=CC=Cc1ccccc1F)C1CCCCC1)N1CCN(C2CCCCC2)CC1. The molecular weight excluding hydrogens is 387 g/mol. The summed E-state index contributed by atoms with van der Waals surface area (Å²) >= 11 is 0. The molecule has 0 radical (unpaired) electrons. The third-order valence-corrected chi connectivity index (χ3v) is 7.44. The van der Waals surface area contributed by atoms with Crippen molar-refractivity contribution in [2.24, 2.45) is 5.92 Å². The highest BCUT2D eigenvalue weighted by Gasteiger charge is 2.30. The molecule has 1 aromatic rings. The van der Waals surface area contributed by atoms with Gasteiger partial charge in [0.1, 0.15) is 5.82 Å². The van der Waals surface area contributed by atoms with Crippen molar-refractivity contribution in [1.29, 1.82) is 0 Å². The molecule has 1 aromatic carbocycles. The Hall–Kier alpha value is -1.94. The molecule has 4 heteroatoms. The monoisotopic (exact) mass is 424 g/mol. The average molecular weight is 425 g/mol. The highest BCUT2D eigenvalue weighted by atomic mass is 19.1. The maximum Gasteiger partial charge on any atom is 0.250 e. The number of rotatable bonds is 5. The lowest BCUT2D eigenvalue weighted by atomic mass is 9.82. The quantitative estimate of drug-likeness (QED) is 0.439. The number of carbonyl (C=O) groups is 1. The fourth-order valence-corrected chi connectivity index (χ4v) is 5.58. The smallest absolute Gasteiger partial charge is 0.250 e. The highest BCUT2D eigenvalue weighted by molar-refractivity contribution is 5.94. The molecule has 2 saturated carbocycles. The topological polar surface area (TPSA) is 23.6 Å². The van der Waals surface area contributed by atoms with Crippen LogP contribution in [0, 0.1) is 11.7 Å². The number of amides is 1. The van der Waals surface area contributed by atoms with Crippen LogP contribution in [0.4, 0.5) is 4.39 Å². The summed E-state index contributed by atoms with van der Waals surface area (Å²) in [4.78, 5) is 18.2. The zero-order chi connectivity index (χ0) is 21.5. The van der Waals surface area contributed by atoms with Crippen molar-refractivity contribution in [3.8, 4) is 0 Å². The molecule has 3 nitrogen and oxygen atoms in total. The van der Waals surface area contributed by atoms with Gasteiger partial charge in [-0.25, -0.2) is 4.39 Å². The molecule has 0 bridgehead atoms. The van der Waals surface area contributed by atoms with Gasteiger partial charge in [0.05, 0.1) is 0 Å². The Labute approximate surface area is 187 Å². The molecule has 3 fully saturated rings. The van der Waals surface area contributed by atoms with E-state index in [0.717, 1.165) is 50.6 Å². The van der Waals surface area contributed by atoms with Crippen molar-refractivity contribution < 1.29 is 9.18 Å². The number of piperazine rings is 1. The lowest BCUT2D eigenvalue weighted by Gasteiger charge is -2.41. The van der Waals surface area contributed by atoms with Crippen LogP contribution in [0.15, 0.2) is 42.0 Å². The number of carbonyl (C=O) groups excluding carboxylic acids is 1. The summed E-state index contributed by atoms with van der Waals surface area (Å²) < 4.78 is 14.0. The zero-order valence-electron chi connectivity index (χ0n) is 18.8. The van der Waals surface area contributed by atoms with Crippen LogP contribution < -0.4 is 0 Å². The molecular formula is C27H37FN2O. The number of halogens is 1. The van der Waals surface area contributed by atoms with Crippen molar-refractivity contribution in [3.05, 3.63) is 53.4 Å². The minimum Gasteiger partial charge on any atom is -0.336 e. The Bertz CT molecular complexity index is 782. The lowest BCUT2D eigenvalue weighted by molar-refractivity contribution is -0.130. The Morgan fingerprint density at radius 2 is 1.52 bits per heavy atom. The summed E-state index contributed by atoms with van der Waals surface area (Å²) in [7, 11) is 0. The summed E-state index contributed by atoms with van der Waals surface area (Å²) in [5.41, 5.74) is 1.49. The van der Waals surface area contributed by atoms with E-state index >= 15 is 0 Å². The molecule has 1 saturated heterocycles. The number of hydrogen-bond donors (Lipinski definition) is 0. The molecule has 0 N–H and O–H groups in total. The van der Waals surface area contributed by atoms with Gasteiger partial charge < -0.3 is 4.90 Å². The van der Waals surface area contributed by atoms with E-state index in [1.165, 1.54) is 57.4 Å². The van der Waals surface area contributed by atoms with Crippen LogP contribution in [-0.2, 0) is 4.79 Å². The number of allylic oxidation sites excluding steroid dienone is 2. The maximum absolute atomic E-state index is 14.0. The maximum atomic E-state index is 14.0. The van der Waals surface area contributed by atoms with Crippen LogP contribution in [0.25, 0.3) is 6.08 Å². The van der Waals surface area contributed by atoms with Gasteiger partial charge in [-0.3, -0.25) is 9.69 Å². The predicted molar refractivity (Wildman–Crippen MR) is 125 cm³/mol. The molecule has 2 aliphatic carbocycles. The summed E-state index contributed by atoms with van der Waals surface area (Å²) in [6, 6.07) is 7.51. The zero-order valence-corrected chi connectivity index (χ0v) is 18.8. The van der Waals surface area contributed by atoms with E-state index in [9.17, 15) is 9.18 Å². The van der Waals surface area contributed by atoms with Crippen molar-refractivity contribution in [3.63, 3.8) is 0 Å². The van der Waals surface area contributed by atoms with Crippen molar-refractivity contribution in [1.82, 2.24) is 9.80 Å². The second-order valence-corrected chi connectivity index (χ2v) is 9.46. The second kappa shape index (κ2) is 11.1. The van der Waals surface area contributed by atoms with Crippen molar-refractivity contribution in [2.75, 3.05) is 26.2 Å². The number of benzene rings is 1. The van der Waals surface area contributed by atoms with E-state index < -0.39 is 0 Å². The van der Waals surface area contributed by atoms with Gasteiger partial charge in [0.2, 0.25) is 5.91 Å². The first-order valence-corrected chi connectivity index (χ1v) is 12.4. The highest BCUT2D eigenvalue weighted by Crippen LogP contribution is 2.31. The van der Waals surface area contributed by atoms with Gasteiger partial charge in [0.25, 0.3) is 0 Å². The molecule has 0 spiro atoms. The molecule has 0 unspecified atom stereocenters. The molecule has 4 rings (SSSR count). The normalized spacial score (nSPS) is 22.9. The van der Waals surface area contributed by atoms with Crippen LogP contribution in [-0.4, -0.2) is 47.9 Å². The van der Waals surface area contributed by atoms with Crippen molar-refractivity contribution in [2.45, 2.75) is 70.3 Å². The summed E-state index contributed by atoms with van der Waals surface area (Å²) in [6.07, 6.45) is 18.2. The van der Waals surface area contributed by atoms with Crippen LogP contribution in [0.5, 0.6) is 0 Å². The van der Waals surface area contributed by atoms with Crippen LogP contribution >= 0.6 is 0 Å². The molecule has 31 heavy (non-hydrogen) atoms. The van der Waals surface area contributed by atoms with E-state index in [4.69, 9.17) is 0 Å². The number of nitrogens with zero attached hydrogens (tertiary/aromatic N) is 2. The first-order chi connectivity index (χ1) is 15.2. The fourth-order valence-electron chi connectivity index (χ4n) is 5.58. The Morgan fingerprint density at radius 1 is 0.871 bits per heavy atom. The third kappa shape index (κ3) is 5.85. The van der Waals surface area contributed by atoms with Crippen LogP contribution in [0.2, 0.25) is 0 Å². The van der Waals surface area contributed by atoms with Gasteiger partial charge in [-0.05, 0) is 37.7 Å². The summed E-state index contributed by atoms with van der Waals surface area (Å²) in [5.74, 6) is 0.313. The Balaban J connectivity index is 1.43. The molecule has 1 aliphatic heterocycles. The largest absolute Gasteiger partial charge is 0.336 e. The molecule has 0 atom stereocenters. The third-order valence-electron chi connectivity index (χ3n) is 7.44. The minimum absolute atomic E-state index is 0.202. The standard InChI is InChI=1S/C27H37FN2O/c28-26-17-8-7-12-23(26)13-9-16-25(22-10-3-1-4-11-22)27(31)30-20-18-29(19-21-30)24-14-5-2-6-15-24/h7-9,12-13,16-17,22,24H,1-6,10-11,14-15,18-21H2. The number of hydrogen-bond acceptors (Lipinski definition) is 2. The van der Waals surface area contributed by atoms with Crippen LogP contribution in [0.3, 0.4) is 0 Å². The van der Waals surface area contributed by atoms with E-state index in [1.54, 1.807) is 18.2 Å². The summed E-state index contributed by atoms with van der Waals surface area (Å²) in [6.45, 7) is 3.66. The van der Waals surface area contributed by atoms with E-state index in [-0.39, 0.29) is 11.7 Å². The van der Waals surface area contributed by atoms with E-state index in [0.29, 0.717) is 11.5 Å². The van der Waals surface area contributed by atoms with Gasteiger partial charge in [-0.1, -0.05) is 75.0 Å². The first-order valence-electron chi connectivity index (χ1n) is 12.4. The Kier molecular flexibility index (Phi) is 7.96. The van der Waals surface area contributed by atoms with Gasteiger partial charge in [-0.15, -0.1) is 0 Å². The van der Waals surface area contributed by atoms with Crippen LogP contribution in [0.1, 0.15) is 69.8 Å². The Morgan fingerprint density at radius 3 is 2.19 bits per heavy atom. The van der Waals surface area contributed by atoms with E-state index in [2.05, 4.69) is 9.80 Å². The first kappa shape index (κ1) is 22.3. The molecule has 0 aromatic heterocycles. The molecule has 1 amide bonds. The molecule has 1 heterocycles. The van der Waals surface area contributed by atoms with Gasteiger partial charge in [0, 0.05) is 43.4 Å². The lowest BCUT2D eigenvalue weighted by Crippen LogP contribution is -2.52.